The van der Waals surface area contributed by atoms with E-state index < -0.39 is 10.0 Å². The van der Waals surface area contributed by atoms with E-state index in [1.165, 1.54) is 10.6 Å². The normalized spacial score (nSPS) is 17.8. The average molecular weight is 294 g/mol. The van der Waals surface area contributed by atoms with Gasteiger partial charge in [-0.15, -0.1) is 0 Å². The monoisotopic (exact) mass is 294 g/mol. The highest BCUT2D eigenvalue weighted by Gasteiger charge is 2.23. The van der Waals surface area contributed by atoms with Crippen molar-refractivity contribution in [3.8, 4) is 0 Å². The Morgan fingerprint density at radius 3 is 2.55 bits per heavy atom. The van der Waals surface area contributed by atoms with Gasteiger partial charge in [-0.25, -0.2) is 13.4 Å². The SMILES string of the molecule is Cc1nc2ccc(N3CCN(S(C)(=O)=O)CC3)cc2[nH]1. The zero-order valence-electron chi connectivity index (χ0n) is 11.6. The zero-order chi connectivity index (χ0) is 14.3. The Labute approximate surface area is 118 Å². The molecule has 0 amide bonds. The van der Waals surface area contributed by atoms with Crippen molar-refractivity contribution < 1.29 is 8.42 Å². The van der Waals surface area contributed by atoms with Crippen molar-refractivity contribution in [3.05, 3.63) is 24.0 Å². The van der Waals surface area contributed by atoms with E-state index in [2.05, 4.69) is 20.9 Å². The van der Waals surface area contributed by atoms with Crippen LogP contribution in [0.2, 0.25) is 0 Å². The molecule has 0 saturated carbocycles. The molecule has 1 aromatic carbocycles. The molecule has 3 rings (SSSR count). The van der Waals surface area contributed by atoms with Gasteiger partial charge in [-0.2, -0.15) is 4.31 Å². The molecule has 1 aliphatic heterocycles. The smallest absolute Gasteiger partial charge is 0.211 e. The third-order valence-electron chi connectivity index (χ3n) is 3.66. The molecular formula is C13H18N4O2S. The van der Waals surface area contributed by atoms with Crippen LogP contribution in [0.4, 0.5) is 5.69 Å². The van der Waals surface area contributed by atoms with E-state index in [9.17, 15) is 8.42 Å². The van der Waals surface area contributed by atoms with Gasteiger partial charge in [-0.05, 0) is 25.1 Å². The second kappa shape index (κ2) is 4.75. The second-order valence-corrected chi connectivity index (χ2v) is 7.16. The Balaban J connectivity index is 1.79. The highest BCUT2D eigenvalue weighted by Crippen LogP contribution is 2.22. The topological polar surface area (TPSA) is 69.3 Å². The van der Waals surface area contributed by atoms with Crippen molar-refractivity contribution in [1.82, 2.24) is 14.3 Å². The van der Waals surface area contributed by atoms with Crippen LogP contribution in [-0.4, -0.2) is 55.1 Å². The predicted molar refractivity (Wildman–Crippen MR) is 79.5 cm³/mol. The first-order valence-electron chi connectivity index (χ1n) is 6.60. The Hall–Kier alpha value is -1.60. The molecule has 2 heterocycles. The number of aryl methyl sites for hydroxylation is 1. The van der Waals surface area contributed by atoms with Gasteiger partial charge in [0.25, 0.3) is 0 Å². The fraction of sp³-hybridized carbons (Fsp3) is 0.462. The van der Waals surface area contributed by atoms with E-state index in [0.717, 1.165) is 22.5 Å². The highest BCUT2D eigenvalue weighted by molar-refractivity contribution is 7.88. The van der Waals surface area contributed by atoms with Gasteiger partial charge in [0.1, 0.15) is 5.82 Å². The van der Waals surface area contributed by atoms with Gasteiger partial charge < -0.3 is 9.88 Å². The van der Waals surface area contributed by atoms with Gasteiger partial charge in [-0.1, -0.05) is 0 Å². The second-order valence-electron chi connectivity index (χ2n) is 5.17. The lowest BCUT2D eigenvalue weighted by Gasteiger charge is -2.34. The summed E-state index contributed by atoms with van der Waals surface area (Å²) in [5.41, 5.74) is 3.08. The van der Waals surface area contributed by atoms with Crippen molar-refractivity contribution in [2.24, 2.45) is 0 Å². The summed E-state index contributed by atoms with van der Waals surface area (Å²) in [4.78, 5) is 9.81. The summed E-state index contributed by atoms with van der Waals surface area (Å²) in [6, 6.07) is 6.11. The van der Waals surface area contributed by atoms with Crippen LogP contribution in [0.25, 0.3) is 11.0 Å². The van der Waals surface area contributed by atoms with Gasteiger partial charge >= 0.3 is 0 Å². The molecule has 108 valence electrons. The van der Waals surface area contributed by atoms with Gasteiger partial charge in [0.05, 0.1) is 17.3 Å². The zero-order valence-corrected chi connectivity index (χ0v) is 12.4. The van der Waals surface area contributed by atoms with Crippen LogP contribution in [0.5, 0.6) is 0 Å². The van der Waals surface area contributed by atoms with Gasteiger partial charge in [-0.3, -0.25) is 0 Å². The lowest BCUT2D eigenvalue weighted by molar-refractivity contribution is 0.388. The Kier molecular flexibility index (Phi) is 3.18. The maximum atomic E-state index is 11.5. The van der Waals surface area contributed by atoms with E-state index in [0.29, 0.717) is 26.2 Å². The molecule has 6 nitrogen and oxygen atoms in total. The van der Waals surface area contributed by atoms with Gasteiger partial charge in [0.2, 0.25) is 10.0 Å². The number of hydrogen-bond donors (Lipinski definition) is 1. The number of nitrogens with one attached hydrogen (secondary N) is 1. The molecule has 0 unspecified atom stereocenters. The van der Waals surface area contributed by atoms with Crippen LogP contribution in [0, 0.1) is 6.92 Å². The molecule has 0 radical (unpaired) electrons. The summed E-state index contributed by atoms with van der Waals surface area (Å²) in [6.45, 7) is 4.44. The standard InChI is InChI=1S/C13H18N4O2S/c1-10-14-12-4-3-11(9-13(12)15-10)16-5-7-17(8-6-16)20(2,18)19/h3-4,9H,5-8H2,1-2H3,(H,14,15). The predicted octanol–water partition coefficient (Wildman–Crippen LogP) is 0.953. The maximum absolute atomic E-state index is 11.5. The molecule has 0 spiro atoms. The summed E-state index contributed by atoms with van der Waals surface area (Å²) >= 11 is 0. The van der Waals surface area contributed by atoms with Crippen LogP contribution in [0.3, 0.4) is 0 Å². The molecular weight excluding hydrogens is 276 g/mol. The molecule has 0 aliphatic carbocycles. The summed E-state index contributed by atoms with van der Waals surface area (Å²) in [5.74, 6) is 0.902. The van der Waals surface area contributed by atoms with Crippen LogP contribution >= 0.6 is 0 Å². The lowest BCUT2D eigenvalue weighted by atomic mass is 10.2. The number of benzene rings is 1. The van der Waals surface area contributed by atoms with Gasteiger partial charge in [0.15, 0.2) is 0 Å². The molecule has 20 heavy (non-hydrogen) atoms. The Morgan fingerprint density at radius 2 is 1.90 bits per heavy atom. The van der Waals surface area contributed by atoms with Crippen molar-refractivity contribution in [2.45, 2.75) is 6.92 Å². The molecule has 0 atom stereocenters. The van der Waals surface area contributed by atoms with Crippen molar-refractivity contribution >= 4 is 26.7 Å². The number of rotatable bonds is 2. The highest BCUT2D eigenvalue weighted by atomic mass is 32.2. The minimum Gasteiger partial charge on any atom is -0.369 e. The van der Waals surface area contributed by atoms with Crippen LogP contribution < -0.4 is 4.90 Å². The molecule has 1 N–H and O–H groups in total. The van der Waals surface area contributed by atoms with Crippen molar-refractivity contribution in [3.63, 3.8) is 0 Å². The number of sulfonamides is 1. The van der Waals surface area contributed by atoms with Crippen LogP contribution in [0.15, 0.2) is 18.2 Å². The number of aromatic amines is 1. The van der Waals surface area contributed by atoms with E-state index >= 15 is 0 Å². The quantitative estimate of drug-likeness (QED) is 0.895. The summed E-state index contributed by atoms with van der Waals surface area (Å²) < 4.78 is 24.5. The van der Waals surface area contributed by atoms with Gasteiger partial charge in [0, 0.05) is 31.9 Å². The first kappa shape index (κ1) is 13.4. The third-order valence-corrected chi connectivity index (χ3v) is 4.96. The third kappa shape index (κ3) is 2.51. The molecule has 1 aromatic heterocycles. The maximum Gasteiger partial charge on any atom is 0.211 e. The van der Waals surface area contributed by atoms with E-state index in [4.69, 9.17) is 0 Å². The fourth-order valence-corrected chi connectivity index (χ4v) is 3.43. The molecule has 0 bridgehead atoms. The molecule has 1 aliphatic rings. The van der Waals surface area contributed by atoms with Crippen molar-refractivity contribution in [1.29, 1.82) is 0 Å². The van der Waals surface area contributed by atoms with Crippen molar-refractivity contribution in [2.75, 3.05) is 37.3 Å². The Bertz CT molecular complexity index is 730. The van der Waals surface area contributed by atoms with Crippen LogP contribution in [-0.2, 0) is 10.0 Å². The number of aromatic nitrogens is 2. The average Bonchev–Trinajstić information content (AvgIpc) is 2.77. The number of hydrogen-bond acceptors (Lipinski definition) is 4. The Morgan fingerprint density at radius 1 is 1.20 bits per heavy atom. The number of H-pyrrole nitrogens is 1. The fourth-order valence-electron chi connectivity index (χ4n) is 2.60. The summed E-state index contributed by atoms with van der Waals surface area (Å²) in [6.07, 6.45) is 1.27. The number of nitrogens with zero attached hydrogens (tertiary/aromatic N) is 3. The summed E-state index contributed by atoms with van der Waals surface area (Å²) in [5, 5.41) is 0. The molecule has 1 saturated heterocycles. The van der Waals surface area contributed by atoms with E-state index in [-0.39, 0.29) is 0 Å². The number of imidazole rings is 1. The largest absolute Gasteiger partial charge is 0.369 e. The minimum atomic E-state index is -3.07. The number of fused-ring (bicyclic) bond motifs is 1. The van der Waals surface area contributed by atoms with E-state index in [1.807, 2.05) is 19.1 Å². The first-order chi connectivity index (χ1) is 9.43. The molecule has 2 aromatic rings. The summed E-state index contributed by atoms with van der Waals surface area (Å²) in [7, 11) is -3.07. The number of anilines is 1. The minimum absolute atomic E-state index is 0.541. The number of piperazine rings is 1. The van der Waals surface area contributed by atoms with Crippen LogP contribution in [0.1, 0.15) is 5.82 Å². The van der Waals surface area contributed by atoms with E-state index in [1.54, 1.807) is 0 Å². The first-order valence-corrected chi connectivity index (χ1v) is 8.45. The molecule has 1 fully saturated rings. The lowest BCUT2D eigenvalue weighted by Crippen LogP contribution is -2.48. The molecule has 7 heteroatoms.